The van der Waals surface area contributed by atoms with Gasteiger partial charge in [0.15, 0.2) is 0 Å². The third-order valence-electron chi connectivity index (χ3n) is 1.39. The number of para-hydroxylation sites is 1. The Morgan fingerprint density at radius 3 is 2.90 bits per heavy atom. The number of hydrogen-bond acceptors (Lipinski definition) is 1. The second kappa shape index (κ2) is 2.15. The van der Waals surface area contributed by atoms with Gasteiger partial charge in [-0.2, -0.15) is 0 Å². The van der Waals surface area contributed by atoms with Crippen LogP contribution in [0.1, 0.15) is 0 Å². The van der Waals surface area contributed by atoms with Gasteiger partial charge < -0.3 is 0 Å². The van der Waals surface area contributed by atoms with Gasteiger partial charge in [-0.1, -0.05) is 0 Å². The van der Waals surface area contributed by atoms with E-state index in [4.69, 9.17) is 0 Å². The topological polar surface area (TPSA) is 12.0 Å². The summed E-state index contributed by atoms with van der Waals surface area (Å²) >= 11 is 0.455. The van der Waals surface area contributed by atoms with Crippen molar-refractivity contribution in [1.29, 1.82) is 0 Å². The minimum absolute atomic E-state index is 0.455. The van der Waals surface area contributed by atoms with Gasteiger partial charge in [-0.05, 0) is 0 Å². The number of nitrogens with one attached hydrogen (secondary N) is 1. The molecule has 0 aliphatic carbocycles. The van der Waals surface area contributed by atoms with E-state index in [1.807, 2.05) is 6.07 Å². The molecule has 0 radical (unpaired) electrons. The second-order valence-electron chi connectivity index (χ2n) is 2.15. The van der Waals surface area contributed by atoms with Crippen molar-refractivity contribution in [2.45, 2.75) is 0 Å². The van der Waals surface area contributed by atoms with E-state index in [2.05, 4.69) is 30.1 Å². The van der Waals surface area contributed by atoms with Crippen LogP contribution in [0.4, 0.5) is 5.69 Å². The molecule has 0 fully saturated rings. The summed E-state index contributed by atoms with van der Waals surface area (Å²) in [4.78, 5) is 0. The zero-order valence-electron chi connectivity index (χ0n) is 5.42. The van der Waals surface area contributed by atoms with Crippen LogP contribution in [-0.4, -0.2) is 15.0 Å². The Balaban J connectivity index is 2.51. The second-order valence-corrected chi connectivity index (χ2v) is 4.53. The van der Waals surface area contributed by atoms with E-state index in [-0.39, 0.29) is 0 Å². The molecule has 0 unspecified atom stereocenters. The Morgan fingerprint density at radius 2 is 2.10 bits per heavy atom. The first-order chi connectivity index (χ1) is 4.86. The van der Waals surface area contributed by atoms with Crippen molar-refractivity contribution in [1.82, 2.24) is 0 Å². The molecular weight excluding hydrogens is 189 g/mol. The third-order valence-corrected chi connectivity index (χ3v) is 3.33. The molecule has 0 aromatic heterocycles. The number of benzene rings is 1. The maximum atomic E-state index is 3.89. The summed E-state index contributed by atoms with van der Waals surface area (Å²) in [7, 11) is 0. The van der Waals surface area contributed by atoms with Crippen LogP contribution >= 0.6 is 0 Å². The van der Waals surface area contributed by atoms with E-state index >= 15 is 0 Å². The van der Waals surface area contributed by atoms with E-state index < -0.39 is 0 Å². The van der Waals surface area contributed by atoms with Crippen LogP contribution in [0.15, 0.2) is 35.4 Å². The van der Waals surface area contributed by atoms with Gasteiger partial charge in [-0.15, -0.1) is 0 Å². The average molecular weight is 196 g/mol. The molecule has 2 rings (SSSR count). The summed E-state index contributed by atoms with van der Waals surface area (Å²) in [5.41, 5.74) is 1.24. The zero-order valence-corrected chi connectivity index (χ0v) is 7.14. The van der Waals surface area contributed by atoms with Gasteiger partial charge in [0.2, 0.25) is 0 Å². The van der Waals surface area contributed by atoms with Crippen molar-refractivity contribution in [2.24, 2.45) is 0 Å². The Bertz CT molecular complexity index is 253. The fourth-order valence-electron chi connectivity index (χ4n) is 0.967. The molecule has 1 nitrogen and oxygen atoms in total. The van der Waals surface area contributed by atoms with Crippen molar-refractivity contribution >= 4 is 25.1 Å². The van der Waals surface area contributed by atoms with Gasteiger partial charge in [0.1, 0.15) is 0 Å². The Labute approximate surface area is 66.3 Å². The predicted molar refractivity (Wildman–Crippen MR) is 44.6 cm³/mol. The summed E-state index contributed by atoms with van der Waals surface area (Å²) in [6.07, 6.45) is 0. The molecule has 1 heterocycles. The van der Waals surface area contributed by atoms with E-state index in [9.17, 15) is 0 Å². The van der Waals surface area contributed by atoms with Gasteiger partial charge >= 0.3 is 65.9 Å². The van der Waals surface area contributed by atoms with Gasteiger partial charge in [0.05, 0.1) is 0 Å². The van der Waals surface area contributed by atoms with E-state index in [0.29, 0.717) is 15.0 Å². The Morgan fingerprint density at radius 1 is 1.30 bits per heavy atom. The molecule has 0 amide bonds. The van der Waals surface area contributed by atoms with Crippen LogP contribution in [0.3, 0.4) is 0 Å². The summed E-state index contributed by atoms with van der Waals surface area (Å²) in [5.74, 6) is 0. The van der Waals surface area contributed by atoms with E-state index in [1.165, 1.54) is 10.1 Å². The van der Waals surface area contributed by atoms with Crippen LogP contribution in [-0.2, 0) is 0 Å². The van der Waals surface area contributed by atoms with Crippen LogP contribution in [0, 0.1) is 0 Å². The molecule has 0 atom stereocenters. The molecule has 1 aliphatic rings. The molecule has 50 valence electrons. The number of hydrogen-bond donors (Lipinski definition) is 1. The molecule has 0 bridgehead atoms. The zero-order chi connectivity index (χ0) is 6.97. The molecule has 0 saturated heterocycles. The predicted octanol–water partition coefficient (Wildman–Crippen LogP) is 0.913. The number of anilines is 1. The standard InChI is InChI=1S/C8H7NSe/c1-6-9-7-4-2-3-5-8(7)10-6/h2-5,9H,1H2. The van der Waals surface area contributed by atoms with Crippen LogP contribution in [0.25, 0.3) is 0 Å². The normalized spacial score (nSPS) is 14.6. The van der Waals surface area contributed by atoms with Gasteiger partial charge in [0.25, 0.3) is 0 Å². The summed E-state index contributed by atoms with van der Waals surface area (Å²) < 4.78 is 2.58. The molecule has 0 spiro atoms. The van der Waals surface area contributed by atoms with Crippen molar-refractivity contribution in [3.8, 4) is 0 Å². The molecule has 1 aromatic carbocycles. The van der Waals surface area contributed by atoms with Crippen molar-refractivity contribution in [2.75, 3.05) is 5.32 Å². The van der Waals surface area contributed by atoms with Crippen molar-refractivity contribution < 1.29 is 0 Å². The third kappa shape index (κ3) is 0.859. The van der Waals surface area contributed by atoms with Crippen LogP contribution in [0.2, 0.25) is 0 Å². The van der Waals surface area contributed by atoms with Crippen molar-refractivity contribution in [3.63, 3.8) is 0 Å². The number of fused-ring (bicyclic) bond motifs is 1. The summed E-state index contributed by atoms with van der Waals surface area (Å²) in [5, 5.41) is 3.23. The van der Waals surface area contributed by atoms with Crippen LogP contribution < -0.4 is 9.78 Å². The monoisotopic (exact) mass is 197 g/mol. The maximum absolute atomic E-state index is 3.89. The molecule has 0 saturated carbocycles. The molecular formula is C8H7NSe. The molecule has 1 aromatic rings. The van der Waals surface area contributed by atoms with Gasteiger partial charge in [-0.25, -0.2) is 0 Å². The fraction of sp³-hybridized carbons (Fsp3) is 0. The quantitative estimate of drug-likeness (QED) is 0.608. The first kappa shape index (κ1) is 6.02. The molecule has 2 heteroatoms. The minimum atomic E-state index is 0.455. The molecule has 1 N–H and O–H groups in total. The van der Waals surface area contributed by atoms with Gasteiger partial charge in [0, 0.05) is 0 Å². The Hall–Kier alpha value is -0.721. The summed E-state index contributed by atoms with van der Waals surface area (Å²) in [6, 6.07) is 8.36. The van der Waals surface area contributed by atoms with Crippen molar-refractivity contribution in [3.05, 3.63) is 35.4 Å². The average Bonchev–Trinajstić information content (AvgIpc) is 2.27. The first-order valence-electron chi connectivity index (χ1n) is 3.09. The van der Waals surface area contributed by atoms with E-state index in [0.717, 1.165) is 4.60 Å². The summed E-state index contributed by atoms with van der Waals surface area (Å²) in [6.45, 7) is 3.89. The number of rotatable bonds is 0. The fourth-order valence-corrected chi connectivity index (χ4v) is 2.65. The molecule has 1 aliphatic heterocycles. The Kier molecular flexibility index (Phi) is 1.30. The van der Waals surface area contributed by atoms with Crippen LogP contribution in [0.5, 0.6) is 0 Å². The van der Waals surface area contributed by atoms with Gasteiger partial charge in [-0.3, -0.25) is 0 Å². The SMILES string of the molecule is C=C1Nc2ccccc2[Se]1. The molecule has 10 heavy (non-hydrogen) atoms. The first-order valence-corrected chi connectivity index (χ1v) is 4.80. The van der Waals surface area contributed by atoms with E-state index in [1.54, 1.807) is 0 Å².